The summed E-state index contributed by atoms with van der Waals surface area (Å²) in [7, 11) is 4.09. The van der Waals surface area contributed by atoms with Gasteiger partial charge < -0.3 is 4.90 Å². The average Bonchev–Trinajstić information content (AvgIpc) is 2.31. The maximum Gasteiger partial charge on any atom is 0.147 e. The highest BCUT2D eigenvalue weighted by Gasteiger charge is 1.94. The second-order valence-corrected chi connectivity index (χ2v) is 2.86. The van der Waals surface area contributed by atoms with E-state index in [2.05, 4.69) is 15.0 Å². The van der Waals surface area contributed by atoms with Gasteiger partial charge in [-0.2, -0.15) is 5.10 Å². The average molecular weight is 154 g/mol. The zero-order chi connectivity index (χ0) is 8.27. The SMILES string of the molecule is Cc1ncn(CCN(C)C)n1. The summed E-state index contributed by atoms with van der Waals surface area (Å²) in [5.41, 5.74) is 0. The fraction of sp³-hybridized carbons (Fsp3) is 0.714. The standard InChI is InChI=1S/C7H14N4/c1-7-8-6-11(9-7)5-4-10(2)3/h6H,4-5H2,1-3H3. The molecule has 11 heavy (non-hydrogen) atoms. The summed E-state index contributed by atoms with van der Waals surface area (Å²) in [6.45, 7) is 3.81. The lowest BCUT2D eigenvalue weighted by atomic mass is 10.6. The van der Waals surface area contributed by atoms with E-state index in [0.29, 0.717) is 0 Å². The van der Waals surface area contributed by atoms with Crippen molar-refractivity contribution in [3.63, 3.8) is 0 Å². The van der Waals surface area contributed by atoms with Crippen LogP contribution >= 0.6 is 0 Å². The van der Waals surface area contributed by atoms with E-state index in [1.54, 1.807) is 6.33 Å². The van der Waals surface area contributed by atoms with E-state index in [0.717, 1.165) is 18.9 Å². The number of hydrogen-bond acceptors (Lipinski definition) is 3. The van der Waals surface area contributed by atoms with Gasteiger partial charge in [0, 0.05) is 6.54 Å². The van der Waals surface area contributed by atoms with Crippen molar-refractivity contribution < 1.29 is 0 Å². The van der Waals surface area contributed by atoms with Crippen molar-refractivity contribution in [3.8, 4) is 0 Å². The van der Waals surface area contributed by atoms with Crippen molar-refractivity contribution >= 4 is 0 Å². The second kappa shape index (κ2) is 3.48. The third kappa shape index (κ3) is 2.67. The summed E-state index contributed by atoms with van der Waals surface area (Å²) >= 11 is 0. The second-order valence-electron chi connectivity index (χ2n) is 2.86. The summed E-state index contributed by atoms with van der Waals surface area (Å²) < 4.78 is 1.86. The maximum absolute atomic E-state index is 4.16. The maximum atomic E-state index is 4.16. The normalized spacial score (nSPS) is 10.9. The Kier molecular flexibility index (Phi) is 2.59. The molecule has 4 heteroatoms. The lowest BCUT2D eigenvalue weighted by molar-refractivity contribution is 0.372. The molecule has 0 atom stereocenters. The Morgan fingerprint density at radius 3 is 2.73 bits per heavy atom. The molecule has 0 aliphatic heterocycles. The molecule has 0 unspecified atom stereocenters. The molecule has 1 aromatic heterocycles. The Balaban J connectivity index is 2.39. The van der Waals surface area contributed by atoms with E-state index in [9.17, 15) is 0 Å². The molecule has 0 N–H and O–H groups in total. The predicted molar refractivity (Wildman–Crippen MR) is 43.3 cm³/mol. The zero-order valence-corrected chi connectivity index (χ0v) is 7.28. The fourth-order valence-corrected chi connectivity index (χ4v) is 0.798. The van der Waals surface area contributed by atoms with Crippen LogP contribution in [0.2, 0.25) is 0 Å². The van der Waals surface area contributed by atoms with Gasteiger partial charge in [-0.1, -0.05) is 0 Å². The van der Waals surface area contributed by atoms with E-state index < -0.39 is 0 Å². The first-order valence-electron chi connectivity index (χ1n) is 3.69. The van der Waals surface area contributed by atoms with Crippen LogP contribution < -0.4 is 0 Å². The highest BCUT2D eigenvalue weighted by atomic mass is 15.3. The molecule has 0 aliphatic carbocycles. The number of aromatic nitrogens is 3. The summed E-state index contributed by atoms with van der Waals surface area (Å²) in [6.07, 6.45) is 1.76. The van der Waals surface area contributed by atoms with Crippen LogP contribution in [0.1, 0.15) is 5.82 Å². The van der Waals surface area contributed by atoms with Crippen LogP contribution in [0.3, 0.4) is 0 Å². The molecule has 0 saturated heterocycles. The Labute approximate surface area is 66.8 Å². The zero-order valence-electron chi connectivity index (χ0n) is 7.28. The molecule has 1 rings (SSSR count). The Hall–Kier alpha value is -0.900. The number of likely N-dealkylation sites (N-methyl/N-ethyl adjacent to an activating group) is 1. The molecule has 0 spiro atoms. The smallest absolute Gasteiger partial charge is 0.147 e. The van der Waals surface area contributed by atoms with E-state index in [-0.39, 0.29) is 0 Å². The molecular formula is C7H14N4. The lowest BCUT2D eigenvalue weighted by Gasteiger charge is -2.07. The molecule has 0 amide bonds. The number of hydrogen-bond donors (Lipinski definition) is 0. The molecule has 0 radical (unpaired) electrons. The van der Waals surface area contributed by atoms with Gasteiger partial charge >= 0.3 is 0 Å². The van der Waals surface area contributed by atoms with Gasteiger partial charge in [-0.3, -0.25) is 4.68 Å². The first kappa shape index (κ1) is 8.20. The third-order valence-electron chi connectivity index (χ3n) is 1.43. The Bertz CT molecular complexity index is 216. The molecule has 0 aromatic carbocycles. The topological polar surface area (TPSA) is 34.0 Å². The van der Waals surface area contributed by atoms with Crippen molar-refractivity contribution in [3.05, 3.63) is 12.2 Å². The molecule has 1 aromatic rings. The van der Waals surface area contributed by atoms with Crippen LogP contribution in [0.25, 0.3) is 0 Å². The molecule has 4 nitrogen and oxygen atoms in total. The van der Waals surface area contributed by atoms with E-state index in [1.807, 2.05) is 25.7 Å². The third-order valence-corrected chi connectivity index (χ3v) is 1.43. The predicted octanol–water partition coefficient (Wildman–Crippen LogP) is 0.148. The Morgan fingerprint density at radius 1 is 1.55 bits per heavy atom. The van der Waals surface area contributed by atoms with Crippen LogP contribution in [0.4, 0.5) is 0 Å². The van der Waals surface area contributed by atoms with Gasteiger partial charge in [-0.05, 0) is 21.0 Å². The number of aryl methyl sites for hydroxylation is 1. The summed E-state index contributed by atoms with van der Waals surface area (Å²) in [5.74, 6) is 0.837. The van der Waals surface area contributed by atoms with E-state index >= 15 is 0 Å². The molecule has 0 bridgehead atoms. The van der Waals surface area contributed by atoms with Crippen molar-refractivity contribution in [2.75, 3.05) is 20.6 Å². The van der Waals surface area contributed by atoms with Gasteiger partial charge in [0.25, 0.3) is 0 Å². The minimum Gasteiger partial charge on any atom is -0.308 e. The summed E-state index contributed by atoms with van der Waals surface area (Å²) in [4.78, 5) is 6.15. The highest BCUT2D eigenvalue weighted by Crippen LogP contribution is 1.86. The van der Waals surface area contributed by atoms with Crippen LogP contribution in [0.15, 0.2) is 6.33 Å². The lowest BCUT2D eigenvalue weighted by Crippen LogP contribution is -2.18. The van der Waals surface area contributed by atoms with Gasteiger partial charge in [-0.15, -0.1) is 0 Å². The molecule has 0 saturated carbocycles. The highest BCUT2D eigenvalue weighted by molar-refractivity contribution is 4.74. The molecular weight excluding hydrogens is 140 g/mol. The van der Waals surface area contributed by atoms with Gasteiger partial charge in [0.15, 0.2) is 0 Å². The number of rotatable bonds is 3. The molecule has 0 fully saturated rings. The molecule has 0 aliphatic rings. The van der Waals surface area contributed by atoms with Crippen molar-refractivity contribution in [2.45, 2.75) is 13.5 Å². The summed E-state index contributed by atoms with van der Waals surface area (Å²) in [5, 5.41) is 4.16. The first-order chi connectivity index (χ1) is 5.18. The quantitative estimate of drug-likeness (QED) is 0.621. The van der Waals surface area contributed by atoms with E-state index in [1.165, 1.54) is 0 Å². The van der Waals surface area contributed by atoms with Crippen LogP contribution in [0.5, 0.6) is 0 Å². The minimum atomic E-state index is 0.837. The molecule has 62 valence electrons. The first-order valence-corrected chi connectivity index (χ1v) is 3.69. The summed E-state index contributed by atoms with van der Waals surface area (Å²) in [6, 6.07) is 0. The van der Waals surface area contributed by atoms with Gasteiger partial charge in [0.05, 0.1) is 6.54 Å². The van der Waals surface area contributed by atoms with Crippen LogP contribution in [-0.4, -0.2) is 40.3 Å². The van der Waals surface area contributed by atoms with Crippen LogP contribution in [0, 0.1) is 6.92 Å². The van der Waals surface area contributed by atoms with Gasteiger partial charge in [0.2, 0.25) is 0 Å². The monoisotopic (exact) mass is 154 g/mol. The van der Waals surface area contributed by atoms with Crippen molar-refractivity contribution in [2.24, 2.45) is 0 Å². The minimum absolute atomic E-state index is 0.837. The van der Waals surface area contributed by atoms with Gasteiger partial charge in [0.1, 0.15) is 12.2 Å². The van der Waals surface area contributed by atoms with Crippen molar-refractivity contribution in [1.82, 2.24) is 19.7 Å². The number of nitrogens with zero attached hydrogens (tertiary/aromatic N) is 4. The van der Waals surface area contributed by atoms with E-state index in [4.69, 9.17) is 0 Å². The molecule has 1 heterocycles. The van der Waals surface area contributed by atoms with Gasteiger partial charge in [-0.25, -0.2) is 4.98 Å². The Morgan fingerprint density at radius 2 is 2.27 bits per heavy atom. The fourth-order valence-electron chi connectivity index (χ4n) is 0.798. The van der Waals surface area contributed by atoms with Crippen LogP contribution in [-0.2, 0) is 6.54 Å². The largest absolute Gasteiger partial charge is 0.308 e. The van der Waals surface area contributed by atoms with Crippen molar-refractivity contribution in [1.29, 1.82) is 0 Å².